The van der Waals surface area contributed by atoms with E-state index in [0.717, 1.165) is 0 Å². The Morgan fingerprint density at radius 1 is 1.47 bits per heavy atom. The van der Waals surface area contributed by atoms with Crippen LogP contribution in [0.2, 0.25) is 5.02 Å². The molecule has 0 spiro atoms. The number of likely N-dealkylation sites (N-methyl/N-ethyl adjacent to an activating group) is 2. The van der Waals surface area contributed by atoms with Gasteiger partial charge in [-0.3, -0.25) is 9.59 Å². The maximum absolute atomic E-state index is 11.9. The van der Waals surface area contributed by atoms with Crippen LogP contribution >= 0.6 is 11.6 Å². The summed E-state index contributed by atoms with van der Waals surface area (Å²) in [4.78, 5) is 24.2. The Morgan fingerprint density at radius 3 is 2.71 bits per heavy atom. The summed E-state index contributed by atoms with van der Waals surface area (Å²) in [7, 11) is 2.95. The van der Waals surface area contributed by atoms with Gasteiger partial charge < -0.3 is 15.3 Å². The summed E-state index contributed by atoms with van der Waals surface area (Å²) in [6.45, 7) is -0.0821. The van der Waals surface area contributed by atoms with E-state index in [1.165, 1.54) is 37.2 Å². The van der Waals surface area contributed by atoms with E-state index in [-0.39, 0.29) is 23.8 Å². The number of phenolic OH excluding ortho intramolecular Hbond substituents is 1. The van der Waals surface area contributed by atoms with Crippen molar-refractivity contribution in [1.82, 2.24) is 10.2 Å². The summed E-state index contributed by atoms with van der Waals surface area (Å²) < 4.78 is 0. The van der Waals surface area contributed by atoms with Crippen LogP contribution in [-0.4, -0.2) is 42.5 Å². The van der Waals surface area contributed by atoms with Crippen LogP contribution in [0, 0.1) is 0 Å². The summed E-state index contributed by atoms with van der Waals surface area (Å²) in [6.07, 6.45) is 0. The van der Waals surface area contributed by atoms with Gasteiger partial charge in [0.15, 0.2) is 0 Å². The number of carbonyl (C=O) groups excluding carboxylic acids is 2. The monoisotopic (exact) mass is 256 g/mol. The number of rotatable bonds is 3. The Hall–Kier alpha value is -1.75. The van der Waals surface area contributed by atoms with E-state index in [0.29, 0.717) is 5.02 Å². The van der Waals surface area contributed by atoms with Gasteiger partial charge in [-0.05, 0) is 18.2 Å². The number of aromatic hydroxyl groups is 1. The van der Waals surface area contributed by atoms with Crippen LogP contribution in [0.1, 0.15) is 10.4 Å². The van der Waals surface area contributed by atoms with Crippen molar-refractivity contribution in [3.8, 4) is 5.75 Å². The van der Waals surface area contributed by atoms with Gasteiger partial charge in [0, 0.05) is 19.1 Å². The lowest BCUT2D eigenvalue weighted by Gasteiger charge is -2.16. The third kappa shape index (κ3) is 3.35. The lowest BCUT2D eigenvalue weighted by atomic mass is 10.2. The fraction of sp³-hybridized carbons (Fsp3) is 0.273. The molecule has 5 nitrogen and oxygen atoms in total. The van der Waals surface area contributed by atoms with Gasteiger partial charge in [0.1, 0.15) is 5.75 Å². The quantitative estimate of drug-likeness (QED) is 0.843. The van der Waals surface area contributed by atoms with Gasteiger partial charge in [0.2, 0.25) is 5.91 Å². The van der Waals surface area contributed by atoms with E-state index in [1.807, 2.05) is 0 Å². The predicted octanol–water partition coefficient (Wildman–Crippen LogP) is 0.864. The average Bonchev–Trinajstić information content (AvgIpc) is 2.31. The first-order valence-electron chi connectivity index (χ1n) is 4.90. The van der Waals surface area contributed by atoms with Gasteiger partial charge in [-0.2, -0.15) is 0 Å². The number of nitrogens with zero attached hydrogens (tertiary/aromatic N) is 1. The van der Waals surface area contributed by atoms with Crippen molar-refractivity contribution in [1.29, 1.82) is 0 Å². The van der Waals surface area contributed by atoms with Gasteiger partial charge in [-0.15, -0.1) is 0 Å². The highest BCUT2D eigenvalue weighted by Gasteiger charge is 2.17. The van der Waals surface area contributed by atoms with E-state index >= 15 is 0 Å². The molecular formula is C11H13ClN2O3. The van der Waals surface area contributed by atoms with Crippen LogP contribution in [0.15, 0.2) is 18.2 Å². The second kappa shape index (κ2) is 5.54. The second-order valence-electron chi connectivity index (χ2n) is 3.50. The molecule has 0 atom stereocenters. The molecule has 0 aliphatic carbocycles. The fourth-order valence-electron chi connectivity index (χ4n) is 1.25. The molecule has 92 valence electrons. The lowest BCUT2D eigenvalue weighted by molar-refractivity contribution is -0.121. The van der Waals surface area contributed by atoms with Crippen LogP contribution in [0.5, 0.6) is 5.75 Å². The predicted molar refractivity (Wildman–Crippen MR) is 64.1 cm³/mol. The molecule has 0 aliphatic rings. The van der Waals surface area contributed by atoms with Crippen molar-refractivity contribution in [2.24, 2.45) is 0 Å². The van der Waals surface area contributed by atoms with E-state index in [4.69, 9.17) is 11.6 Å². The molecule has 0 saturated heterocycles. The molecule has 6 heteroatoms. The standard InChI is InChI=1S/C11H13ClN2O3/c1-13-10(16)6-14(2)11(17)8-5-7(12)3-4-9(8)15/h3-5,15H,6H2,1-2H3,(H,13,16). The normalized spacial score (nSPS) is 9.82. The molecule has 1 rings (SSSR count). The third-order valence-corrected chi connectivity index (χ3v) is 2.43. The largest absolute Gasteiger partial charge is 0.507 e. The average molecular weight is 257 g/mol. The fourth-order valence-corrected chi connectivity index (χ4v) is 1.42. The Bertz CT molecular complexity index is 448. The van der Waals surface area contributed by atoms with Crippen molar-refractivity contribution in [3.05, 3.63) is 28.8 Å². The number of amides is 2. The maximum atomic E-state index is 11.9. The zero-order valence-electron chi connectivity index (χ0n) is 9.53. The van der Waals surface area contributed by atoms with E-state index in [2.05, 4.69) is 5.32 Å². The van der Waals surface area contributed by atoms with Gasteiger partial charge in [-0.25, -0.2) is 0 Å². The van der Waals surface area contributed by atoms with Crippen molar-refractivity contribution in [3.63, 3.8) is 0 Å². The highest BCUT2D eigenvalue weighted by Crippen LogP contribution is 2.22. The van der Waals surface area contributed by atoms with Gasteiger partial charge in [0.25, 0.3) is 5.91 Å². The third-order valence-electron chi connectivity index (χ3n) is 2.20. The van der Waals surface area contributed by atoms with Crippen molar-refractivity contribution in [2.45, 2.75) is 0 Å². The molecule has 1 aromatic carbocycles. The van der Waals surface area contributed by atoms with Crippen LogP contribution < -0.4 is 5.32 Å². The van der Waals surface area contributed by atoms with Gasteiger partial charge >= 0.3 is 0 Å². The maximum Gasteiger partial charge on any atom is 0.257 e. The molecule has 0 heterocycles. The molecule has 0 saturated carbocycles. The minimum absolute atomic E-state index is 0.0731. The Balaban J connectivity index is 2.88. The summed E-state index contributed by atoms with van der Waals surface area (Å²) in [5, 5.41) is 12.3. The van der Waals surface area contributed by atoms with Crippen LogP contribution in [-0.2, 0) is 4.79 Å². The number of nitrogens with one attached hydrogen (secondary N) is 1. The van der Waals surface area contributed by atoms with Gasteiger partial charge in [-0.1, -0.05) is 11.6 Å². The summed E-state index contributed by atoms with van der Waals surface area (Å²) in [5.74, 6) is -0.917. The Labute approximate surface area is 104 Å². The molecule has 0 fully saturated rings. The minimum atomic E-state index is -0.464. The molecule has 0 bridgehead atoms. The number of carbonyl (C=O) groups is 2. The smallest absolute Gasteiger partial charge is 0.257 e. The first kappa shape index (κ1) is 13.3. The highest BCUT2D eigenvalue weighted by molar-refractivity contribution is 6.31. The van der Waals surface area contributed by atoms with E-state index in [1.54, 1.807) is 0 Å². The zero-order chi connectivity index (χ0) is 13.0. The number of halogens is 1. The molecule has 0 aromatic heterocycles. The van der Waals surface area contributed by atoms with E-state index < -0.39 is 5.91 Å². The minimum Gasteiger partial charge on any atom is -0.507 e. The molecule has 2 N–H and O–H groups in total. The molecule has 0 aliphatic heterocycles. The molecule has 0 unspecified atom stereocenters. The summed E-state index contributed by atoms with van der Waals surface area (Å²) in [5.41, 5.74) is 0.0731. The first-order chi connectivity index (χ1) is 7.95. The topological polar surface area (TPSA) is 69.6 Å². The SMILES string of the molecule is CNC(=O)CN(C)C(=O)c1cc(Cl)ccc1O. The number of phenols is 1. The lowest BCUT2D eigenvalue weighted by Crippen LogP contribution is -2.36. The number of benzene rings is 1. The highest BCUT2D eigenvalue weighted by atomic mass is 35.5. The molecule has 2 amide bonds. The van der Waals surface area contributed by atoms with E-state index in [9.17, 15) is 14.7 Å². The first-order valence-corrected chi connectivity index (χ1v) is 5.28. The van der Waals surface area contributed by atoms with Crippen molar-refractivity contribution < 1.29 is 14.7 Å². The van der Waals surface area contributed by atoms with Gasteiger partial charge in [0.05, 0.1) is 12.1 Å². The van der Waals surface area contributed by atoms with Crippen LogP contribution in [0.25, 0.3) is 0 Å². The molecule has 1 aromatic rings. The molecular weight excluding hydrogens is 244 g/mol. The van der Waals surface area contributed by atoms with Crippen LogP contribution in [0.4, 0.5) is 0 Å². The second-order valence-corrected chi connectivity index (χ2v) is 3.93. The Kier molecular flexibility index (Phi) is 4.34. The number of hydrogen-bond donors (Lipinski definition) is 2. The summed E-state index contributed by atoms with van der Waals surface area (Å²) in [6, 6.07) is 4.18. The summed E-state index contributed by atoms with van der Waals surface area (Å²) >= 11 is 5.74. The Morgan fingerprint density at radius 2 is 2.12 bits per heavy atom. The number of hydrogen-bond acceptors (Lipinski definition) is 3. The zero-order valence-corrected chi connectivity index (χ0v) is 10.3. The molecule has 0 radical (unpaired) electrons. The van der Waals surface area contributed by atoms with Crippen molar-refractivity contribution >= 4 is 23.4 Å². The van der Waals surface area contributed by atoms with Crippen molar-refractivity contribution in [2.75, 3.05) is 20.6 Å². The molecule has 17 heavy (non-hydrogen) atoms. The van der Waals surface area contributed by atoms with Crippen LogP contribution in [0.3, 0.4) is 0 Å².